The van der Waals surface area contributed by atoms with Crippen LogP contribution in [-0.4, -0.2) is 27.6 Å². The normalized spacial score (nSPS) is 16.5. The number of nitrogens with zero attached hydrogens (tertiary/aromatic N) is 3. The molecule has 27 heavy (non-hydrogen) atoms. The Balaban J connectivity index is 1.52. The van der Waals surface area contributed by atoms with Crippen LogP contribution in [0.4, 0.5) is 10.5 Å². The maximum Gasteiger partial charge on any atom is 0.322 e. The van der Waals surface area contributed by atoms with Crippen LogP contribution in [0, 0.1) is 6.92 Å². The van der Waals surface area contributed by atoms with E-state index in [2.05, 4.69) is 15.5 Å². The fourth-order valence-electron chi connectivity index (χ4n) is 3.30. The fourth-order valence-corrected chi connectivity index (χ4v) is 3.49. The number of carbonyl (C=O) groups is 1. The molecule has 7 heteroatoms. The maximum atomic E-state index is 12.7. The number of benzene rings is 2. The van der Waals surface area contributed by atoms with Crippen LogP contribution in [-0.2, 0) is 0 Å². The first kappa shape index (κ1) is 17.5. The van der Waals surface area contributed by atoms with Gasteiger partial charge in [0, 0.05) is 22.8 Å². The van der Waals surface area contributed by atoms with Gasteiger partial charge in [0.15, 0.2) is 0 Å². The SMILES string of the molecule is Cc1cccc(-c2noc([C@H]3CCCN3C(=O)Nc3cccc(Cl)c3)n2)c1. The standard InChI is InChI=1S/C20H19ClN4O2/c1-13-5-2-6-14(11-13)18-23-19(27-24-18)17-9-4-10-25(17)20(26)22-16-8-3-7-15(21)12-16/h2-3,5-8,11-12,17H,4,9-10H2,1H3,(H,22,26)/t17-/m1/s1. The van der Waals surface area contributed by atoms with Crippen LogP contribution in [0.3, 0.4) is 0 Å². The lowest BCUT2D eigenvalue weighted by molar-refractivity contribution is 0.193. The highest BCUT2D eigenvalue weighted by Gasteiger charge is 2.34. The molecule has 3 aromatic rings. The molecule has 2 aromatic carbocycles. The lowest BCUT2D eigenvalue weighted by Crippen LogP contribution is -2.34. The first-order chi connectivity index (χ1) is 13.1. The van der Waals surface area contributed by atoms with Gasteiger partial charge in [-0.05, 0) is 44.0 Å². The quantitative estimate of drug-likeness (QED) is 0.686. The van der Waals surface area contributed by atoms with Crippen molar-refractivity contribution in [2.75, 3.05) is 11.9 Å². The Hall–Kier alpha value is -2.86. The Morgan fingerprint density at radius 1 is 1.26 bits per heavy atom. The van der Waals surface area contributed by atoms with E-state index in [0.717, 1.165) is 24.0 Å². The molecule has 4 rings (SSSR count). The topological polar surface area (TPSA) is 71.3 Å². The van der Waals surface area contributed by atoms with E-state index in [0.29, 0.717) is 29.0 Å². The van der Waals surface area contributed by atoms with E-state index in [1.54, 1.807) is 29.2 Å². The number of likely N-dealkylation sites (tertiary alicyclic amines) is 1. The maximum absolute atomic E-state index is 12.7. The van der Waals surface area contributed by atoms with E-state index < -0.39 is 0 Å². The zero-order valence-corrected chi connectivity index (χ0v) is 15.6. The lowest BCUT2D eigenvalue weighted by Gasteiger charge is -2.22. The summed E-state index contributed by atoms with van der Waals surface area (Å²) in [6, 6.07) is 14.6. The first-order valence-corrected chi connectivity index (χ1v) is 9.22. The molecule has 138 valence electrons. The van der Waals surface area contributed by atoms with Crippen molar-refractivity contribution in [3.63, 3.8) is 0 Å². The van der Waals surface area contributed by atoms with Crippen LogP contribution in [0.15, 0.2) is 53.1 Å². The van der Waals surface area contributed by atoms with Gasteiger partial charge in [0.05, 0.1) is 0 Å². The Morgan fingerprint density at radius 2 is 2.11 bits per heavy atom. The van der Waals surface area contributed by atoms with E-state index in [4.69, 9.17) is 16.1 Å². The molecule has 1 atom stereocenters. The molecule has 1 aromatic heterocycles. The number of carbonyl (C=O) groups excluding carboxylic acids is 1. The summed E-state index contributed by atoms with van der Waals surface area (Å²) in [5, 5.41) is 7.56. The molecule has 1 N–H and O–H groups in total. The summed E-state index contributed by atoms with van der Waals surface area (Å²) in [6.45, 7) is 2.66. The molecule has 0 saturated carbocycles. The summed E-state index contributed by atoms with van der Waals surface area (Å²) in [5.41, 5.74) is 2.68. The summed E-state index contributed by atoms with van der Waals surface area (Å²) >= 11 is 5.99. The van der Waals surface area contributed by atoms with Crippen molar-refractivity contribution in [3.05, 3.63) is 65.0 Å². The minimum absolute atomic E-state index is 0.199. The van der Waals surface area contributed by atoms with Crippen LogP contribution in [0.25, 0.3) is 11.4 Å². The summed E-state index contributed by atoms with van der Waals surface area (Å²) in [5.74, 6) is 1.00. The molecular formula is C20H19ClN4O2. The summed E-state index contributed by atoms with van der Waals surface area (Å²) in [7, 11) is 0. The second-order valence-corrected chi connectivity index (χ2v) is 7.05. The van der Waals surface area contributed by atoms with Crippen molar-refractivity contribution in [2.24, 2.45) is 0 Å². The molecule has 0 spiro atoms. The highest BCUT2D eigenvalue weighted by molar-refractivity contribution is 6.30. The molecule has 0 bridgehead atoms. The second-order valence-electron chi connectivity index (χ2n) is 6.62. The number of nitrogens with one attached hydrogen (secondary N) is 1. The van der Waals surface area contributed by atoms with Gasteiger partial charge >= 0.3 is 6.03 Å². The molecule has 1 aliphatic rings. The Bertz CT molecular complexity index is 972. The third-order valence-corrected chi connectivity index (χ3v) is 4.83. The van der Waals surface area contributed by atoms with Crippen LogP contribution >= 0.6 is 11.6 Å². The van der Waals surface area contributed by atoms with Gasteiger partial charge in [-0.3, -0.25) is 0 Å². The van der Waals surface area contributed by atoms with E-state index in [-0.39, 0.29) is 12.1 Å². The van der Waals surface area contributed by atoms with Crippen molar-refractivity contribution in [2.45, 2.75) is 25.8 Å². The molecular weight excluding hydrogens is 364 g/mol. The third-order valence-electron chi connectivity index (χ3n) is 4.59. The van der Waals surface area contributed by atoms with Crippen molar-refractivity contribution >= 4 is 23.3 Å². The van der Waals surface area contributed by atoms with Crippen molar-refractivity contribution in [3.8, 4) is 11.4 Å². The van der Waals surface area contributed by atoms with Gasteiger partial charge in [-0.15, -0.1) is 0 Å². The minimum Gasteiger partial charge on any atom is -0.337 e. The number of amides is 2. The van der Waals surface area contributed by atoms with Gasteiger partial charge in [-0.1, -0.05) is 46.6 Å². The van der Waals surface area contributed by atoms with Crippen molar-refractivity contribution < 1.29 is 9.32 Å². The molecule has 6 nitrogen and oxygen atoms in total. The first-order valence-electron chi connectivity index (χ1n) is 8.84. The number of hydrogen-bond acceptors (Lipinski definition) is 4. The lowest BCUT2D eigenvalue weighted by atomic mass is 10.1. The highest BCUT2D eigenvalue weighted by Crippen LogP contribution is 2.32. The number of rotatable bonds is 3. The summed E-state index contributed by atoms with van der Waals surface area (Å²) in [6.07, 6.45) is 1.67. The Morgan fingerprint density at radius 3 is 2.93 bits per heavy atom. The predicted octanol–water partition coefficient (Wildman–Crippen LogP) is 5.07. The van der Waals surface area contributed by atoms with E-state index in [1.165, 1.54) is 0 Å². The van der Waals surface area contributed by atoms with Gasteiger partial charge in [0.2, 0.25) is 11.7 Å². The smallest absolute Gasteiger partial charge is 0.322 e. The average Bonchev–Trinajstić information content (AvgIpc) is 3.31. The molecule has 1 fully saturated rings. The number of urea groups is 1. The monoisotopic (exact) mass is 382 g/mol. The average molecular weight is 383 g/mol. The second kappa shape index (κ2) is 7.40. The van der Waals surface area contributed by atoms with E-state index in [1.807, 2.05) is 31.2 Å². The van der Waals surface area contributed by atoms with Crippen LogP contribution in [0.1, 0.15) is 30.3 Å². The number of aromatic nitrogens is 2. The zero-order valence-electron chi connectivity index (χ0n) is 14.9. The highest BCUT2D eigenvalue weighted by atomic mass is 35.5. The summed E-state index contributed by atoms with van der Waals surface area (Å²) in [4.78, 5) is 19.0. The molecule has 1 saturated heterocycles. The number of aryl methyl sites for hydroxylation is 1. The fraction of sp³-hybridized carbons (Fsp3) is 0.250. The predicted molar refractivity (Wildman–Crippen MR) is 104 cm³/mol. The van der Waals surface area contributed by atoms with E-state index >= 15 is 0 Å². The number of halogens is 1. The van der Waals surface area contributed by atoms with Crippen LogP contribution in [0.5, 0.6) is 0 Å². The molecule has 1 aliphatic heterocycles. The Labute approximate surface area is 162 Å². The molecule has 2 amide bonds. The molecule has 0 radical (unpaired) electrons. The van der Waals surface area contributed by atoms with Crippen molar-refractivity contribution in [1.29, 1.82) is 0 Å². The molecule has 0 aliphatic carbocycles. The van der Waals surface area contributed by atoms with Gasteiger partial charge < -0.3 is 14.7 Å². The zero-order chi connectivity index (χ0) is 18.8. The van der Waals surface area contributed by atoms with E-state index in [9.17, 15) is 4.79 Å². The minimum atomic E-state index is -0.227. The van der Waals surface area contributed by atoms with Gasteiger partial charge in [0.1, 0.15) is 6.04 Å². The Kier molecular flexibility index (Phi) is 4.81. The van der Waals surface area contributed by atoms with Gasteiger partial charge in [0.25, 0.3) is 0 Å². The van der Waals surface area contributed by atoms with Crippen molar-refractivity contribution in [1.82, 2.24) is 15.0 Å². The van der Waals surface area contributed by atoms with Crippen LogP contribution in [0.2, 0.25) is 5.02 Å². The van der Waals surface area contributed by atoms with Gasteiger partial charge in [-0.25, -0.2) is 4.79 Å². The molecule has 2 heterocycles. The number of hydrogen-bond donors (Lipinski definition) is 1. The number of anilines is 1. The van der Waals surface area contributed by atoms with Crippen LogP contribution < -0.4 is 5.32 Å². The molecule has 0 unspecified atom stereocenters. The summed E-state index contributed by atoms with van der Waals surface area (Å²) < 4.78 is 5.49. The third kappa shape index (κ3) is 3.80. The largest absolute Gasteiger partial charge is 0.337 e. The van der Waals surface area contributed by atoms with Gasteiger partial charge in [-0.2, -0.15) is 4.98 Å².